The molecule has 22 heavy (non-hydrogen) atoms. The van der Waals surface area contributed by atoms with Gasteiger partial charge in [-0.05, 0) is 24.6 Å². The molecule has 3 rings (SSSR count). The topological polar surface area (TPSA) is 82.5 Å². The molecule has 5 nitrogen and oxygen atoms in total. The Hall–Kier alpha value is -2.02. The summed E-state index contributed by atoms with van der Waals surface area (Å²) in [5.41, 5.74) is 1.97. The zero-order valence-electron chi connectivity index (χ0n) is 11.7. The minimum Gasteiger partial charge on any atom is -0.544 e. The monoisotopic (exact) mass is 333 g/mol. The summed E-state index contributed by atoms with van der Waals surface area (Å²) in [7, 11) is 0. The molecule has 1 aromatic carbocycles. The van der Waals surface area contributed by atoms with Crippen molar-refractivity contribution >= 4 is 44.9 Å². The minimum atomic E-state index is -1.13. The molecule has 0 aliphatic rings. The molecule has 0 bridgehead atoms. The predicted molar refractivity (Wildman–Crippen MR) is 84.1 cm³/mol. The molecule has 0 saturated carbocycles. The highest BCUT2D eigenvalue weighted by molar-refractivity contribution is 7.17. The fourth-order valence-corrected chi connectivity index (χ4v) is 3.38. The van der Waals surface area contributed by atoms with Crippen molar-refractivity contribution in [3.05, 3.63) is 40.5 Å². The lowest BCUT2D eigenvalue weighted by molar-refractivity contribution is -0.571. The van der Waals surface area contributed by atoms with Crippen LogP contribution >= 0.6 is 22.9 Å². The molecule has 0 radical (unpaired) electrons. The van der Waals surface area contributed by atoms with E-state index in [0.29, 0.717) is 16.7 Å². The second-order valence-electron chi connectivity index (χ2n) is 4.77. The largest absolute Gasteiger partial charge is 0.544 e. The quantitative estimate of drug-likeness (QED) is 0.779. The van der Waals surface area contributed by atoms with Crippen molar-refractivity contribution in [3.8, 4) is 11.1 Å². The second-order valence-corrected chi connectivity index (χ2v) is 6.07. The zero-order chi connectivity index (χ0) is 15.7. The minimum absolute atomic E-state index is 0.179. The van der Waals surface area contributed by atoms with Crippen LogP contribution in [0.25, 0.3) is 21.3 Å². The number of quaternary nitrogens is 1. The summed E-state index contributed by atoms with van der Waals surface area (Å²) in [4.78, 5) is 20.4. The third kappa shape index (κ3) is 2.94. The number of aliphatic carboxylic acids is 1. The molecular weight excluding hydrogens is 322 g/mol. The van der Waals surface area contributed by atoms with Crippen molar-refractivity contribution < 1.29 is 15.2 Å². The number of rotatable bonds is 4. The van der Waals surface area contributed by atoms with Gasteiger partial charge >= 0.3 is 0 Å². The molecule has 112 valence electrons. The Bertz CT molecular complexity index is 846. The number of benzene rings is 1. The summed E-state index contributed by atoms with van der Waals surface area (Å²) in [6.07, 6.45) is 0. The zero-order valence-corrected chi connectivity index (χ0v) is 13.2. The van der Waals surface area contributed by atoms with Gasteiger partial charge in [0.05, 0.1) is 5.97 Å². The number of nitrogens with two attached hydrogens (primary N) is 1. The molecule has 7 heteroatoms. The van der Waals surface area contributed by atoms with Gasteiger partial charge in [-0.1, -0.05) is 23.7 Å². The lowest BCUT2D eigenvalue weighted by Gasteiger charge is -2.06. The van der Waals surface area contributed by atoms with Gasteiger partial charge in [0.2, 0.25) is 5.82 Å². The number of aryl methyl sites for hydroxylation is 1. The van der Waals surface area contributed by atoms with E-state index in [2.05, 4.69) is 9.97 Å². The number of carboxylic acid groups (broad SMARTS) is 1. The molecule has 2 heterocycles. The first kappa shape index (κ1) is 14.9. The average Bonchev–Trinajstić information content (AvgIpc) is 2.89. The number of aromatic nitrogens is 2. The summed E-state index contributed by atoms with van der Waals surface area (Å²) in [5.74, 6) is 0.104. The van der Waals surface area contributed by atoms with E-state index in [1.165, 1.54) is 11.3 Å². The van der Waals surface area contributed by atoms with Crippen LogP contribution in [-0.2, 0) is 4.79 Å². The number of thiophene rings is 1. The number of fused-ring (bicyclic) bond motifs is 1. The van der Waals surface area contributed by atoms with Gasteiger partial charge in [0, 0.05) is 16.0 Å². The molecular formula is C15H12ClN3O2S. The van der Waals surface area contributed by atoms with E-state index in [1.54, 1.807) is 12.2 Å². The van der Waals surface area contributed by atoms with Crippen LogP contribution in [0.5, 0.6) is 0 Å². The number of hydrogen-bond donors (Lipinski definition) is 1. The van der Waals surface area contributed by atoms with Gasteiger partial charge in [0.25, 0.3) is 0 Å². The first-order chi connectivity index (χ1) is 10.5. The van der Waals surface area contributed by atoms with Crippen molar-refractivity contribution in [2.45, 2.75) is 6.92 Å². The van der Waals surface area contributed by atoms with E-state index < -0.39 is 5.97 Å². The van der Waals surface area contributed by atoms with Crippen LogP contribution in [0, 0.1) is 6.92 Å². The molecule has 0 fully saturated rings. The van der Waals surface area contributed by atoms with Crippen LogP contribution in [-0.4, -0.2) is 22.5 Å². The van der Waals surface area contributed by atoms with Crippen LogP contribution in [0.1, 0.15) is 5.82 Å². The number of carboxylic acids is 1. The van der Waals surface area contributed by atoms with Crippen molar-refractivity contribution in [1.29, 1.82) is 0 Å². The number of hydrogen-bond acceptors (Lipinski definition) is 5. The van der Waals surface area contributed by atoms with Gasteiger partial charge in [0.15, 0.2) is 0 Å². The van der Waals surface area contributed by atoms with Crippen LogP contribution in [0.4, 0.5) is 5.82 Å². The van der Waals surface area contributed by atoms with Gasteiger partial charge < -0.3 is 9.90 Å². The van der Waals surface area contributed by atoms with E-state index in [0.717, 1.165) is 21.3 Å². The Labute approximate surface area is 135 Å². The lowest BCUT2D eigenvalue weighted by atomic mass is 10.1. The van der Waals surface area contributed by atoms with Crippen LogP contribution in [0.2, 0.25) is 5.02 Å². The first-order valence-corrected chi connectivity index (χ1v) is 7.85. The number of halogens is 1. The fourth-order valence-electron chi connectivity index (χ4n) is 2.25. The van der Waals surface area contributed by atoms with E-state index in [9.17, 15) is 9.90 Å². The van der Waals surface area contributed by atoms with Crippen LogP contribution in [0.15, 0.2) is 29.6 Å². The highest BCUT2D eigenvalue weighted by atomic mass is 35.5. The highest BCUT2D eigenvalue weighted by Crippen LogP contribution is 2.35. The van der Waals surface area contributed by atoms with Crippen molar-refractivity contribution in [3.63, 3.8) is 0 Å². The summed E-state index contributed by atoms with van der Waals surface area (Å²) in [5, 5.41) is 15.8. The van der Waals surface area contributed by atoms with Gasteiger partial charge in [-0.2, -0.15) is 4.98 Å². The predicted octanol–water partition coefficient (Wildman–Crippen LogP) is 1.26. The Balaban J connectivity index is 2.15. The van der Waals surface area contributed by atoms with Crippen molar-refractivity contribution in [1.82, 2.24) is 9.97 Å². The van der Waals surface area contributed by atoms with Crippen LogP contribution < -0.4 is 10.4 Å². The molecule has 0 aliphatic carbocycles. The molecule has 0 atom stereocenters. The Morgan fingerprint density at radius 1 is 1.32 bits per heavy atom. The van der Waals surface area contributed by atoms with E-state index in [-0.39, 0.29) is 6.54 Å². The van der Waals surface area contributed by atoms with Crippen molar-refractivity contribution in [2.24, 2.45) is 0 Å². The third-order valence-corrected chi connectivity index (χ3v) is 4.31. The summed E-state index contributed by atoms with van der Waals surface area (Å²) in [6, 6.07) is 7.48. The maximum absolute atomic E-state index is 10.7. The average molecular weight is 334 g/mol. The SMILES string of the molecule is Cc1nc([NH2+]CC(=O)[O-])c2c(-c3ccc(Cl)cc3)csc2n1. The van der Waals surface area contributed by atoms with Gasteiger partial charge in [-0.15, -0.1) is 11.3 Å². The Kier molecular flexibility index (Phi) is 4.06. The number of carbonyl (C=O) groups is 1. The maximum Gasteiger partial charge on any atom is 0.237 e. The van der Waals surface area contributed by atoms with Gasteiger partial charge in [0.1, 0.15) is 22.6 Å². The van der Waals surface area contributed by atoms with E-state index in [4.69, 9.17) is 11.6 Å². The summed E-state index contributed by atoms with van der Waals surface area (Å²) < 4.78 is 0. The molecule has 0 aliphatic heterocycles. The Morgan fingerprint density at radius 2 is 2.05 bits per heavy atom. The molecule has 3 aromatic rings. The molecule has 0 amide bonds. The van der Waals surface area contributed by atoms with Crippen molar-refractivity contribution in [2.75, 3.05) is 6.54 Å². The first-order valence-electron chi connectivity index (χ1n) is 6.59. The maximum atomic E-state index is 10.7. The summed E-state index contributed by atoms with van der Waals surface area (Å²) >= 11 is 7.44. The third-order valence-electron chi connectivity index (χ3n) is 3.19. The van der Waals surface area contributed by atoms with Gasteiger partial charge in [-0.25, -0.2) is 4.98 Å². The normalized spacial score (nSPS) is 11.0. The number of nitrogens with zero attached hydrogens (tertiary/aromatic N) is 2. The van der Waals surface area contributed by atoms with E-state index in [1.807, 2.05) is 29.6 Å². The fraction of sp³-hybridized carbons (Fsp3) is 0.133. The highest BCUT2D eigenvalue weighted by Gasteiger charge is 2.17. The molecule has 0 spiro atoms. The Morgan fingerprint density at radius 3 is 2.73 bits per heavy atom. The smallest absolute Gasteiger partial charge is 0.237 e. The van der Waals surface area contributed by atoms with Gasteiger partial charge in [-0.3, -0.25) is 5.32 Å². The number of carbonyl (C=O) groups excluding carboxylic acids is 1. The lowest BCUT2D eigenvalue weighted by Crippen LogP contribution is -2.81. The molecule has 2 N–H and O–H groups in total. The second kappa shape index (κ2) is 6.00. The summed E-state index contributed by atoms with van der Waals surface area (Å²) in [6.45, 7) is 1.61. The standard InChI is InChI=1S/C15H12ClN3O2S/c1-8-18-14(17-6-12(20)21)13-11(7-22-15(13)19-8)9-2-4-10(16)5-3-9/h2-5,7H,6H2,1H3,(H,20,21)(H,17,18,19). The molecule has 2 aromatic heterocycles. The van der Waals surface area contributed by atoms with Crippen LogP contribution in [0.3, 0.4) is 0 Å². The molecule has 0 saturated heterocycles. The molecule has 0 unspecified atom stereocenters. The van der Waals surface area contributed by atoms with E-state index >= 15 is 0 Å².